The predicted octanol–water partition coefficient (Wildman–Crippen LogP) is -0.261. The highest BCUT2D eigenvalue weighted by atomic mass is 32.1. The lowest BCUT2D eigenvalue weighted by molar-refractivity contribution is 0.167. The zero-order chi connectivity index (χ0) is 12.5. The van der Waals surface area contributed by atoms with Crippen molar-refractivity contribution in [3.8, 4) is 0 Å². The number of hydrogen-bond acceptors (Lipinski definition) is 4. The molecule has 0 aromatic heterocycles. The molecule has 0 aliphatic carbocycles. The van der Waals surface area contributed by atoms with Gasteiger partial charge >= 0.3 is 15.2 Å². The zero-order valence-electron chi connectivity index (χ0n) is 7.89. The van der Waals surface area contributed by atoms with E-state index in [9.17, 15) is 14.2 Å². The number of aliphatic hydroxyl groups excluding tert-OH is 1. The Labute approximate surface area is 92.3 Å². The maximum atomic E-state index is 10.7. The Morgan fingerprint density at radius 3 is 1.93 bits per heavy atom. The van der Waals surface area contributed by atoms with Gasteiger partial charge in [0.25, 0.3) is 0 Å². The largest absolute Gasteiger partial charge is 0.379 e. The lowest BCUT2D eigenvalue weighted by Crippen LogP contribution is -2.34. The molecule has 0 aliphatic heterocycles. The van der Waals surface area contributed by atoms with E-state index in [0.717, 1.165) is 0 Å². The molecular weight excluding hydrogens is 266 g/mol. The second-order valence-electron chi connectivity index (χ2n) is 3.46. The Morgan fingerprint density at radius 2 is 1.67 bits per heavy atom. The Bertz CT molecular complexity index is 305. The van der Waals surface area contributed by atoms with Crippen molar-refractivity contribution in [1.82, 2.24) is 0 Å². The summed E-state index contributed by atoms with van der Waals surface area (Å²) >= 11 is 3.80. The average molecular weight is 280 g/mol. The van der Waals surface area contributed by atoms with Gasteiger partial charge in [-0.05, 0) is 13.3 Å². The third-order valence-electron chi connectivity index (χ3n) is 1.78. The molecule has 0 amide bonds. The zero-order valence-corrected chi connectivity index (χ0v) is 10.6. The molecule has 0 aromatic carbocycles. The molecule has 15 heavy (non-hydrogen) atoms. The number of thiol groups is 1. The maximum Gasteiger partial charge on any atom is 0.355 e. The molecule has 0 saturated heterocycles. The minimum Gasteiger partial charge on any atom is -0.379 e. The van der Waals surface area contributed by atoms with E-state index in [1.165, 1.54) is 6.92 Å². The summed E-state index contributed by atoms with van der Waals surface area (Å²) in [5.41, 5.74) is 0. The summed E-state index contributed by atoms with van der Waals surface area (Å²) in [6.07, 6.45) is -0.906. The van der Waals surface area contributed by atoms with Crippen molar-refractivity contribution in [3.63, 3.8) is 0 Å². The number of aliphatic hydroxyl groups is 1. The molecule has 92 valence electrons. The van der Waals surface area contributed by atoms with Crippen LogP contribution < -0.4 is 0 Å². The van der Waals surface area contributed by atoms with Crippen molar-refractivity contribution < 1.29 is 33.8 Å². The van der Waals surface area contributed by atoms with Gasteiger partial charge in [0.15, 0.2) is 5.85 Å². The van der Waals surface area contributed by atoms with Gasteiger partial charge in [-0.1, -0.05) is 0 Å². The first-order valence-electron chi connectivity index (χ1n) is 3.86. The SMILES string of the molecule is CC(S)(CCP(=O)(O)O)C(O)P(=O)(O)O. The summed E-state index contributed by atoms with van der Waals surface area (Å²) in [7, 11) is -9.00. The summed E-state index contributed by atoms with van der Waals surface area (Å²) in [5.74, 6) is -2.06. The van der Waals surface area contributed by atoms with Crippen LogP contribution in [0.4, 0.5) is 0 Å². The quantitative estimate of drug-likeness (QED) is 0.301. The van der Waals surface area contributed by atoms with E-state index >= 15 is 0 Å². The molecule has 2 atom stereocenters. The van der Waals surface area contributed by atoms with Crippen LogP contribution in [-0.2, 0) is 9.13 Å². The lowest BCUT2D eigenvalue weighted by atomic mass is 10.1. The molecule has 0 rings (SSSR count). The number of hydrogen-bond donors (Lipinski definition) is 6. The second kappa shape index (κ2) is 4.85. The fourth-order valence-corrected chi connectivity index (χ4v) is 3.21. The molecule has 0 aromatic rings. The van der Waals surface area contributed by atoms with Gasteiger partial charge in [0.05, 0.1) is 6.16 Å². The van der Waals surface area contributed by atoms with E-state index in [0.29, 0.717) is 0 Å². The Kier molecular flexibility index (Phi) is 5.05. The van der Waals surface area contributed by atoms with Crippen LogP contribution in [0.5, 0.6) is 0 Å². The van der Waals surface area contributed by atoms with Gasteiger partial charge in [0.1, 0.15) is 0 Å². The molecule has 5 N–H and O–H groups in total. The summed E-state index contributed by atoms with van der Waals surface area (Å²) in [5, 5.41) is 9.22. The van der Waals surface area contributed by atoms with E-state index in [1.807, 2.05) is 0 Å². The highest BCUT2D eigenvalue weighted by Crippen LogP contribution is 2.49. The molecule has 7 nitrogen and oxygen atoms in total. The van der Waals surface area contributed by atoms with Crippen molar-refractivity contribution in [1.29, 1.82) is 0 Å². The molecule has 0 spiro atoms. The van der Waals surface area contributed by atoms with Crippen molar-refractivity contribution >= 4 is 27.8 Å². The van der Waals surface area contributed by atoms with Gasteiger partial charge in [0.2, 0.25) is 0 Å². The molecule has 0 fully saturated rings. The smallest absolute Gasteiger partial charge is 0.355 e. The molecule has 0 heterocycles. The third kappa shape index (κ3) is 6.04. The van der Waals surface area contributed by atoms with E-state index < -0.39 is 31.9 Å². The van der Waals surface area contributed by atoms with E-state index in [1.54, 1.807) is 0 Å². The highest BCUT2D eigenvalue weighted by molar-refractivity contribution is 7.82. The normalized spacial score (nSPS) is 19.7. The van der Waals surface area contributed by atoms with Crippen LogP contribution in [0.3, 0.4) is 0 Å². The van der Waals surface area contributed by atoms with Crippen LogP contribution in [0.1, 0.15) is 13.3 Å². The molecule has 2 unspecified atom stereocenters. The average Bonchev–Trinajstić information content (AvgIpc) is 1.97. The second-order valence-corrected chi connectivity index (χ2v) is 7.92. The third-order valence-corrected chi connectivity index (χ3v) is 4.47. The van der Waals surface area contributed by atoms with Gasteiger partial charge < -0.3 is 24.7 Å². The van der Waals surface area contributed by atoms with Crippen LogP contribution in [0, 0.1) is 0 Å². The van der Waals surface area contributed by atoms with Gasteiger partial charge in [-0.15, -0.1) is 0 Å². The van der Waals surface area contributed by atoms with Crippen LogP contribution in [-0.4, -0.2) is 41.4 Å². The van der Waals surface area contributed by atoms with Gasteiger partial charge in [-0.25, -0.2) is 0 Å². The fourth-order valence-electron chi connectivity index (χ4n) is 0.863. The van der Waals surface area contributed by atoms with Gasteiger partial charge in [-0.3, -0.25) is 9.13 Å². The summed E-state index contributed by atoms with van der Waals surface area (Å²) in [6.45, 7) is 1.20. The monoisotopic (exact) mass is 280 g/mol. The number of rotatable bonds is 5. The first-order valence-corrected chi connectivity index (χ1v) is 7.79. The van der Waals surface area contributed by atoms with Crippen LogP contribution >= 0.6 is 27.8 Å². The van der Waals surface area contributed by atoms with Gasteiger partial charge in [-0.2, -0.15) is 12.6 Å². The van der Waals surface area contributed by atoms with Crippen molar-refractivity contribution in [2.45, 2.75) is 23.9 Å². The lowest BCUT2D eigenvalue weighted by Gasteiger charge is -2.29. The van der Waals surface area contributed by atoms with Crippen LogP contribution in [0.25, 0.3) is 0 Å². The summed E-state index contributed by atoms with van der Waals surface area (Å²) < 4.78 is 19.7. The predicted molar refractivity (Wildman–Crippen MR) is 57.0 cm³/mol. The van der Waals surface area contributed by atoms with Crippen molar-refractivity contribution in [3.05, 3.63) is 0 Å². The minimum absolute atomic E-state index is 0.313. The van der Waals surface area contributed by atoms with E-state index in [2.05, 4.69) is 12.6 Å². The van der Waals surface area contributed by atoms with E-state index in [-0.39, 0.29) is 6.42 Å². The Balaban J connectivity index is 4.57. The molecular formula is C5H14O7P2S. The standard InChI is InChI=1S/C5H14O7P2S/c1-5(15,2-3-13(7,8)9)4(6)14(10,11)12/h4,6,15H,2-3H2,1H3,(H2,7,8,9)(H2,10,11,12). The minimum atomic E-state index is -4.73. The molecule has 0 bridgehead atoms. The first-order chi connectivity index (χ1) is 6.36. The Hall–Kier alpha value is 0.610. The van der Waals surface area contributed by atoms with E-state index in [4.69, 9.17) is 19.6 Å². The molecule has 0 aliphatic rings. The van der Waals surface area contributed by atoms with Crippen molar-refractivity contribution in [2.24, 2.45) is 0 Å². The first kappa shape index (κ1) is 15.6. The molecule has 0 radical (unpaired) electrons. The van der Waals surface area contributed by atoms with Crippen LogP contribution in [0.2, 0.25) is 0 Å². The molecule has 0 saturated carbocycles. The summed E-state index contributed by atoms with van der Waals surface area (Å²) in [4.78, 5) is 34.5. The maximum absolute atomic E-state index is 10.7. The highest BCUT2D eigenvalue weighted by Gasteiger charge is 2.42. The Morgan fingerprint density at radius 1 is 1.27 bits per heavy atom. The van der Waals surface area contributed by atoms with Crippen LogP contribution in [0.15, 0.2) is 0 Å². The fraction of sp³-hybridized carbons (Fsp3) is 1.00. The topological polar surface area (TPSA) is 135 Å². The molecule has 10 heteroatoms. The van der Waals surface area contributed by atoms with Gasteiger partial charge in [0, 0.05) is 4.75 Å². The van der Waals surface area contributed by atoms with Crippen molar-refractivity contribution in [2.75, 3.05) is 6.16 Å². The summed E-state index contributed by atoms with van der Waals surface area (Å²) in [6, 6.07) is 0.